The van der Waals surface area contributed by atoms with Gasteiger partial charge >= 0.3 is 89.9 Å². The molecule has 0 aromatic rings. The number of hydrogen-bond acceptors (Lipinski definition) is 5. The van der Waals surface area contributed by atoms with E-state index in [9.17, 15) is 0 Å². The van der Waals surface area contributed by atoms with Crippen molar-refractivity contribution in [2.24, 2.45) is 0 Å². The van der Waals surface area contributed by atoms with Gasteiger partial charge < -0.3 is 0 Å². The van der Waals surface area contributed by atoms with Crippen LogP contribution in [0.15, 0.2) is 11.5 Å². The van der Waals surface area contributed by atoms with Gasteiger partial charge in [0.05, 0.1) is 0 Å². The van der Waals surface area contributed by atoms with Gasteiger partial charge in [-0.05, 0) is 0 Å². The van der Waals surface area contributed by atoms with Crippen molar-refractivity contribution >= 4 is 7.74 Å². The molecule has 0 radical (unpaired) electrons. The van der Waals surface area contributed by atoms with E-state index in [1.54, 1.807) is 0 Å². The first-order chi connectivity index (χ1) is 7.08. The fourth-order valence-corrected chi connectivity index (χ4v) is 3.56. The summed E-state index contributed by atoms with van der Waals surface area (Å²) in [5.41, 5.74) is 0. The van der Waals surface area contributed by atoms with Gasteiger partial charge in [-0.3, -0.25) is 0 Å². The van der Waals surface area contributed by atoms with Crippen molar-refractivity contribution in [2.75, 3.05) is 21.3 Å². The zero-order chi connectivity index (χ0) is 11.6. The third kappa shape index (κ3) is 1.85. The monoisotopic (exact) mass is 238 g/mol. The van der Waals surface area contributed by atoms with Gasteiger partial charge in [0.2, 0.25) is 0 Å². The van der Waals surface area contributed by atoms with Gasteiger partial charge in [-0.15, -0.1) is 0 Å². The van der Waals surface area contributed by atoms with Gasteiger partial charge in [-0.25, -0.2) is 0 Å². The Balaban J connectivity index is 3.03. The van der Waals surface area contributed by atoms with E-state index in [1.165, 1.54) is 21.3 Å². The molecule has 0 aromatic carbocycles. The molecular formula is C9H19O5P. The molecule has 0 saturated carbocycles. The van der Waals surface area contributed by atoms with Crippen LogP contribution in [0, 0.1) is 0 Å². The summed E-state index contributed by atoms with van der Waals surface area (Å²) in [5.74, 6) is 1.47. The molecule has 5 nitrogen and oxygen atoms in total. The Morgan fingerprint density at radius 1 is 0.867 bits per heavy atom. The Labute approximate surface area is 90.6 Å². The van der Waals surface area contributed by atoms with Crippen molar-refractivity contribution in [3.63, 3.8) is 0 Å². The van der Waals surface area contributed by atoms with Crippen molar-refractivity contribution in [1.29, 1.82) is 0 Å². The summed E-state index contributed by atoms with van der Waals surface area (Å²) < 4.78 is 27.1. The minimum atomic E-state index is -3.82. The fraction of sp³-hybridized carbons (Fsp3) is 0.778. The van der Waals surface area contributed by atoms with Crippen LogP contribution in [0.3, 0.4) is 0 Å². The number of rotatable bonds is 5. The minimum absolute atomic E-state index is 0.719. The second kappa shape index (κ2) is 4.26. The topological polar surface area (TPSA) is 46.2 Å². The van der Waals surface area contributed by atoms with Crippen molar-refractivity contribution < 1.29 is 22.6 Å². The summed E-state index contributed by atoms with van der Waals surface area (Å²) in [7, 11) is 0.546. The van der Waals surface area contributed by atoms with Crippen molar-refractivity contribution in [3.05, 3.63) is 11.5 Å². The Hall–Kier alpha value is -0.350. The molecule has 1 aliphatic rings. The van der Waals surface area contributed by atoms with Gasteiger partial charge in [0.1, 0.15) is 0 Å². The molecule has 90 valence electrons. The van der Waals surface area contributed by atoms with Crippen LogP contribution in [0.2, 0.25) is 0 Å². The van der Waals surface area contributed by atoms with E-state index in [2.05, 4.69) is 0 Å². The Kier molecular flexibility index (Phi) is 3.61. The van der Waals surface area contributed by atoms with Crippen LogP contribution in [0.5, 0.6) is 0 Å². The summed E-state index contributed by atoms with van der Waals surface area (Å²) in [4.78, 5) is 0. The van der Waals surface area contributed by atoms with Crippen LogP contribution < -0.4 is 0 Å². The maximum absolute atomic E-state index is 5.66. The Morgan fingerprint density at radius 2 is 1.20 bits per heavy atom. The standard InChI is InChI=1S/C9H19O5P/c1-6-8-9(7-2)14-15(10-3,11-4,12-5)13-8/h6-7H2,1-5H3. The molecule has 6 heteroatoms. The summed E-state index contributed by atoms with van der Waals surface area (Å²) in [5, 5.41) is 0. The molecule has 0 bridgehead atoms. The summed E-state index contributed by atoms with van der Waals surface area (Å²) in [6, 6.07) is 0. The predicted octanol–water partition coefficient (Wildman–Crippen LogP) is 3.13. The Bertz CT molecular complexity index is 241. The SMILES string of the molecule is CCC1=C(CC)OP(OC)(OC)(OC)O1. The molecule has 15 heavy (non-hydrogen) atoms. The average Bonchev–Trinajstić information content (AvgIpc) is 2.66. The molecule has 0 atom stereocenters. The molecule has 0 amide bonds. The molecule has 0 aromatic heterocycles. The number of hydrogen-bond donors (Lipinski definition) is 0. The first-order valence-corrected chi connectivity index (χ1v) is 6.74. The third-order valence-electron chi connectivity index (χ3n) is 2.37. The predicted molar refractivity (Wildman–Crippen MR) is 57.7 cm³/mol. The normalized spacial score (nSPS) is 25.3. The van der Waals surface area contributed by atoms with E-state index >= 15 is 0 Å². The first-order valence-electron chi connectivity index (χ1n) is 4.92. The van der Waals surface area contributed by atoms with Gasteiger partial charge in [-0.1, -0.05) is 0 Å². The fourth-order valence-electron chi connectivity index (χ4n) is 1.45. The average molecular weight is 238 g/mol. The van der Waals surface area contributed by atoms with E-state index in [0.29, 0.717) is 0 Å². The zero-order valence-corrected chi connectivity index (χ0v) is 10.8. The summed E-state index contributed by atoms with van der Waals surface area (Å²) >= 11 is 0. The van der Waals surface area contributed by atoms with Crippen LogP contribution in [-0.2, 0) is 22.6 Å². The molecule has 0 aliphatic carbocycles. The van der Waals surface area contributed by atoms with E-state index < -0.39 is 7.74 Å². The van der Waals surface area contributed by atoms with Crippen molar-refractivity contribution in [3.8, 4) is 0 Å². The molecular weight excluding hydrogens is 219 g/mol. The molecule has 1 aliphatic heterocycles. The molecule has 1 rings (SSSR count). The second-order valence-electron chi connectivity index (χ2n) is 3.03. The van der Waals surface area contributed by atoms with Crippen LogP contribution in [0.25, 0.3) is 0 Å². The molecule has 0 spiro atoms. The summed E-state index contributed by atoms with van der Waals surface area (Å²) in [6.07, 6.45) is 1.44. The first kappa shape index (κ1) is 12.7. The van der Waals surface area contributed by atoms with Gasteiger partial charge in [0, 0.05) is 0 Å². The van der Waals surface area contributed by atoms with Crippen molar-refractivity contribution in [2.45, 2.75) is 26.7 Å². The molecule has 0 N–H and O–H groups in total. The van der Waals surface area contributed by atoms with Crippen LogP contribution >= 0.6 is 7.74 Å². The molecule has 0 fully saturated rings. The van der Waals surface area contributed by atoms with E-state index in [0.717, 1.165) is 24.4 Å². The number of allylic oxidation sites excluding steroid dienone is 2. The van der Waals surface area contributed by atoms with Gasteiger partial charge in [0.25, 0.3) is 0 Å². The van der Waals surface area contributed by atoms with E-state index in [-0.39, 0.29) is 0 Å². The van der Waals surface area contributed by atoms with Gasteiger partial charge in [-0.2, -0.15) is 0 Å². The van der Waals surface area contributed by atoms with Gasteiger partial charge in [0.15, 0.2) is 0 Å². The van der Waals surface area contributed by atoms with Crippen LogP contribution in [0.1, 0.15) is 26.7 Å². The second-order valence-corrected chi connectivity index (χ2v) is 5.98. The van der Waals surface area contributed by atoms with Crippen LogP contribution in [-0.4, -0.2) is 21.3 Å². The quantitative estimate of drug-likeness (QED) is 0.688. The van der Waals surface area contributed by atoms with E-state index in [1.807, 2.05) is 13.8 Å². The van der Waals surface area contributed by atoms with E-state index in [4.69, 9.17) is 22.6 Å². The Morgan fingerprint density at radius 3 is 1.40 bits per heavy atom. The molecule has 0 saturated heterocycles. The van der Waals surface area contributed by atoms with Crippen molar-refractivity contribution in [1.82, 2.24) is 0 Å². The van der Waals surface area contributed by atoms with Crippen LogP contribution in [0.4, 0.5) is 0 Å². The molecule has 0 unspecified atom stereocenters. The zero-order valence-electron chi connectivity index (χ0n) is 9.90. The summed E-state index contributed by atoms with van der Waals surface area (Å²) in [6.45, 7) is 3.96. The molecule has 1 heterocycles. The third-order valence-corrected chi connectivity index (χ3v) is 5.19. The maximum atomic E-state index is 5.66.